The Labute approximate surface area is 131 Å². The zero-order chi connectivity index (χ0) is 16.2. The van der Waals surface area contributed by atoms with Crippen LogP contribution in [0.15, 0.2) is 36.7 Å². The predicted octanol–water partition coefficient (Wildman–Crippen LogP) is 0.879. The van der Waals surface area contributed by atoms with Gasteiger partial charge in [-0.2, -0.15) is 5.10 Å². The zero-order valence-electron chi connectivity index (χ0n) is 12.1. The Balaban J connectivity index is 1.62. The molecule has 0 aliphatic carbocycles. The fourth-order valence-corrected chi connectivity index (χ4v) is 2.33. The van der Waals surface area contributed by atoms with Gasteiger partial charge in [-0.1, -0.05) is 12.1 Å². The van der Waals surface area contributed by atoms with E-state index >= 15 is 0 Å². The third-order valence-corrected chi connectivity index (χ3v) is 3.49. The second-order valence-electron chi connectivity index (χ2n) is 5.13. The summed E-state index contributed by atoms with van der Waals surface area (Å²) >= 11 is 0. The number of anilines is 2. The molecule has 2 aromatic rings. The van der Waals surface area contributed by atoms with Crippen molar-refractivity contribution in [2.75, 3.05) is 10.6 Å². The number of carbonyl (C=O) groups is 3. The van der Waals surface area contributed by atoms with Crippen molar-refractivity contribution in [1.82, 2.24) is 15.5 Å². The van der Waals surface area contributed by atoms with E-state index < -0.39 is 6.04 Å². The van der Waals surface area contributed by atoms with Crippen LogP contribution < -0.4 is 16.0 Å². The average molecular weight is 313 g/mol. The molecule has 0 spiro atoms. The molecule has 1 aliphatic heterocycles. The minimum atomic E-state index is -0.759. The molecule has 0 fully saturated rings. The van der Waals surface area contributed by atoms with E-state index in [0.717, 1.165) is 0 Å². The smallest absolute Gasteiger partial charge is 0.254 e. The highest BCUT2D eigenvalue weighted by Gasteiger charge is 2.27. The molecule has 4 N–H and O–H groups in total. The topological polar surface area (TPSA) is 116 Å². The van der Waals surface area contributed by atoms with Crippen LogP contribution in [0.25, 0.3) is 0 Å². The maximum absolute atomic E-state index is 12.2. The van der Waals surface area contributed by atoms with Crippen molar-refractivity contribution in [2.45, 2.75) is 18.9 Å². The summed E-state index contributed by atoms with van der Waals surface area (Å²) in [5.41, 5.74) is 1.43. The van der Waals surface area contributed by atoms with Gasteiger partial charge in [-0.3, -0.25) is 19.5 Å². The molecule has 8 heteroatoms. The van der Waals surface area contributed by atoms with Gasteiger partial charge in [0, 0.05) is 12.6 Å². The summed E-state index contributed by atoms with van der Waals surface area (Å²) in [5, 5.41) is 14.3. The minimum Gasteiger partial charge on any atom is -0.340 e. The summed E-state index contributed by atoms with van der Waals surface area (Å²) in [5.74, 6) is -0.922. The molecule has 8 nitrogen and oxygen atoms in total. The van der Waals surface area contributed by atoms with Crippen molar-refractivity contribution < 1.29 is 14.4 Å². The Morgan fingerprint density at radius 2 is 2.09 bits per heavy atom. The van der Waals surface area contributed by atoms with Crippen LogP contribution in [-0.2, 0) is 9.59 Å². The van der Waals surface area contributed by atoms with Crippen LogP contribution in [0.5, 0.6) is 0 Å². The summed E-state index contributed by atoms with van der Waals surface area (Å²) in [6.07, 6.45) is 3.33. The molecule has 0 bridgehead atoms. The van der Waals surface area contributed by atoms with E-state index in [2.05, 4.69) is 26.1 Å². The highest BCUT2D eigenvalue weighted by Crippen LogP contribution is 2.19. The van der Waals surface area contributed by atoms with Crippen molar-refractivity contribution in [3.8, 4) is 0 Å². The van der Waals surface area contributed by atoms with E-state index in [1.165, 1.54) is 6.20 Å². The van der Waals surface area contributed by atoms with Crippen LogP contribution in [-0.4, -0.2) is 34.0 Å². The predicted molar refractivity (Wildman–Crippen MR) is 82.8 cm³/mol. The van der Waals surface area contributed by atoms with Crippen LogP contribution in [0, 0.1) is 0 Å². The lowest BCUT2D eigenvalue weighted by Crippen LogP contribution is -2.41. The maximum atomic E-state index is 12.2. The number of hydrogen-bond donors (Lipinski definition) is 4. The summed E-state index contributed by atoms with van der Waals surface area (Å²) in [4.78, 5) is 36.2. The molecular formula is C15H15N5O3. The van der Waals surface area contributed by atoms with Gasteiger partial charge in [0.2, 0.25) is 11.8 Å². The molecule has 1 aromatic heterocycles. The Morgan fingerprint density at radius 3 is 2.87 bits per heavy atom. The third kappa shape index (κ3) is 3.37. The molecular weight excluding hydrogens is 298 g/mol. The quantitative estimate of drug-likeness (QED) is 0.670. The van der Waals surface area contributed by atoms with Gasteiger partial charge in [-0.05, 0) is 18.6 Å². The van der Waals surface area contributed by atoms with Crippen LogP contribution >= 0.6 is 0 Å². The van der Waals surface area contributed by atoms with E-state index in [0.29, 0.717) is 16.9 Å². The molecule has 0 saturated heterocycles. The number of benzene rings is 1. The Morgan fingerprint density at radius 1 is 1.26 bits per heavy atom. The fourth-order valence-electron chi connectivity index (χ4n) is 2.33. The lowest BCUT2D eigenvalue weighted by molar-refractivity contribution is -0.118. The summed E-state index contributed by atoms with van der Waals surface area (Å²) in [7, 11) is 0. The molecule has 118 valence electrons. The Kier molecular flexibility index (Phi) is 4.05. The summed E-state index contributed by atoms with van der Waals surface area (Å²) < 4.78 is 0. The van der Waals surface area contributed by atoms with Gasteiger partial charge in [0.05, 0.1) is 23.1 Å². The van der Waals surface area contributed by atoms with Gasteiger partial charge in [0.25, 0.3) is 5.91 Å². The van der Waals surface area contributed by atoms with Crippen LogP contribution in [0.1, 0.15) is 23.2 Å². The van der Waals surface area contributed by atoms with Gasteiger partial charge in [-0.15, -0.1) is 0 Å². The normalized spacial score (nSPS) is 16.8. The number of aromatic nitrogens is 2. The van der Waals surface area contributed by atoms with E-state index in [9.17, 15) is 14.4 Å². The summed E-state index contributed by atoms with van der Waals surface area (Å²) in [6.45, 7) is 0. The molecule has 23 heavy (non-hydrogen) atoms. The molecule has 3 amide bonds. The minimum absolute atomic E-state index is 0.0971. The third-order valence-electron chi connectivity index (χ3n) is 3.49. The lowest BCUT2D eigenvalue weighted by Gasteiger charge is -2.14. The molecule has 1 atom stereocenters. The van der Waals surface area contributed by atoms with Gasteiger partial charge < -0.3 is 16.0 Å². The van der Waals surface area contributed by atoms with Crippen molar-refractivity contribution in [1.29, 1.82) is 0 Å². The molecule has 0 saturated carbocycles. The first kappa shape index (κ1) is 14.8. The van der Waals surface area contributed by atoms with Gasteiger partial charge >= 0.3 is 0 Å². The lowest BCUT2D eigenvalue weighted by atomic mass is 10.1. The number of carbonyl (C=O) groups excluding carboxylic acids is 3. The number of rotatable bonds is 4. The van der Waals surface area contributed by atoms with Crippen molar-refractivity contribution in [2.24, 2.45) is 0 Å². The number of H-pyrrole nitrogens is 1. The second kappa shape index (κ2) is 6.30. The molecule has 1 aliphatic rings. The largest absolute Gasteiger partial charge is 0.340 e. The molecule has 3 rings (SSSR count). The van der Waals surface area contributed by atoms with Crippen molar-refractivity contribution in [3.05, 3.63) is 42.2 Å². The van der Waals surface area contributed by atoms with Crippen molar-refractivity contribution >= 4 is 29.1 Å². The number of nitrogens with one attached hydrogen (secondary N) is 4. The number of hydrogen-bond acceptors (Lipinski definition) is 4. The van der Waals surface area contributed by atoms with E-state index in [1.807, 2.05) is 0 Å². The highest BCUT2D eigenvalue weighted by atomic mass is 16.2. The molecule has 1 unspecified atom stereocenters. The second-order valence-corrected chi connectivity index (χ2v) is 5.13. The van der Waals surface area contributed by atoms with E-state index in [-0.39, 0.29) is 30.6 Å². The Hall–Kier alpha value is -3.16. The first-order chi connectivity index (χ1) is 11.1. The average Bonchev–Trinajstić information content (AvgIpc) is 3.00. The number of aromatic amines is 1. The fraction of sp³-hybridized carbons (Fsp3) is 0.200. The first-order valence-corrected chi connectivity index (χ1v) is 7.13. The number of fused-ring (bicyclic) bond motifs is 1. The number of para-hydroxylation sites is 1. The van der Waals surface area contributed by atoms with Crippen LogP contribution in [0.4, 0.5) is 11.4 Å². The zero-order valence-corrected chi connectivity index (χ0v) is 12.1. The van der Waals surface area contributed by atoms with E-state index in [1.54, 1.807) is 30.5 Å². The highest BCUT2D eigenvalue weighted by molar-refractivity contribution is 6.09. The maximum Gasteiger partial charge on any atom is 0.254 e. The molecule has 2 heterocycles. The first-order valence-electron chi connectivity index (χ1n) is 7.13. The van der Waals surface area contributed by atoms with Gasteiger partial charge in [0.15, 0.2) is 0 Å². The van der Waals surface area contributed by atoms with E-state index in [4.69, 9.17) is 0 Å². The van der Waals surface area contributed by atoms with Crippen LogP contribution in [0.3, 0.4) is 0 Å². The van der Waals surface area contributed by atoms with Gasteiger partial charge in [-0.25, -0.2) is 0 Å². The number of nitrogens with zero attached hydrogens (tertiary/aromatic N) is 1. The monoisotopic (exact) mass is 313 g/mol. The molecule has 0 radical (unpaired) electrons. The van der Waals surface area contributed by atoms with Gasteiger partial charge in [0.1, 0.15) is 6.04 Å². The van der Waals surface area contributed by atoms with Crippen molar-refractivity contribution in [3.63, 3.8) is 0 Å². The molecule has 1 aromatic carbocycles. The Bertz CT molecular complexity index is 741. The SMILES string of the molecule is O=C(CCC1NC(=O)c2ccccc2NC1=O)Nc1cn[nH]c1. The standard InChI is InChI=1S/C15H15N5O3/c21-13(18-9-7-16-17-8-9)6-5-12-15(23)19-11-4-2-1-3-10(11)14(22)20-12/h1-4,7-8,12H,5-6H2,(H,16,17)(H,18,21)(H,19,23)(H,20,22). The summed E-state index contributed by atoms with van der Waals surface area (Å²) in [6, 6.07) is 6.01. The van der Waals surface area contributed by atoms with Crippen LogP contribution in [0.2, 0.25) is 0 Å². The number of amides is 3.